The largest absolute Gasteiger partial charge is 0.504 e. The molecule has 0 aliphatic heterocycles. The third-order valence-electron chi connectivity index (χ3n) is 2.93. The van der Waals surface area contributed by atoms with Crippen LogP contribution in [0.3, 0.4) is 0 Å². The smallest absolute Gasteiger partial charge is 0.240 e. The molecule has 0 saturated carbocycles. The van der Waals surface area contributed by atoms with Crippen molar-refractivity contribution in [1.29, 1.82) is 0 Å². The van der Waals surface area contributed by atoms with Crippen molar-refractivity contribution in [2.45, 2.75) is 6.42 Å². The number of hydrogen-bond donors (Lipinski definition) is 3. The Kier molecular flexibility index (Phi) is 6.17. The lowest BCUT2D eigenvalue weighted by Crippen LogP contribution is -2.08. The lowest BCUT2D eigenvalue weighted by molar-refractivity contribution is 0.403. The van der Waals surface area contributed by atoms with Crippen molar-refractivity contribution in [2.24, 2.45) is 20.9 Å². The minimum atomic E-state index is -0.190. The molecule has 124 valence electrons. The van der Waals surface area contributed by atoms with E-state index in [0.29, 0.717) is 22.0 Å². The first-order valence-electron chi connectivity index (χ1n) is 6.81. The highest BCUT2D eigenvalue weighted by Crippen LogP contribution is 2.24. The summed E-state index contributed by atoms with van der Waals surface area (Å²) in [5.41, 5.74) is 6.93. The van der Waals surface area contributed by atoms with Gasteiger partial charge in [0, 0.05) is 24.4 Å². The molecule has 0 bridgehead atoms. The molecule has 8 heteroatoms. The van der Waals surface area contributed by atoms with Gasteiger partial charge in [-0.25, -0.2) is 4.99 Å². The molecule has 4 N–H and O–H groups in total. The number of nitrogens with zero attached hydrogens (tertiary/aromatic N) is 3. The Morgan fingerprint density at radius 1 is 1.08 bits per heavy atom. The fourth-order valence-electron chi connectivity index (χ4n) is 1.73. The third kappa shape index (κ3) is 4.97. The van der Waals surface area contributed by atoms with E-state index < -0.39 is 0 Å². The number of aromatic hydroxyl groups is 2. The molecule has 0 amide bonds. The molecule has 2 aromatic rings. The molecule has 0 unspecified atom stereocenters. The van der Waals surface area contributed by atoms with Gasteiger partial charge in [-0.15, -0.1) is 5.10 Å². The number of aliphatic imine (C=N–C) groups is 1. The predicted octanol–water partition coefficient (Wildman–Crippen LogP) is 3.37. The van der Waals surface area contributed by atoms with Gasteiger partial charge < -0.3 is 15.9 Å². The Morgan fingerprint density at radius 3 is 2.46 bits per heavy atom. The number of halogens is 2. The van der Waals surface area contributed by atoms with Crippen LogP contribution in [0.4, 0.5) is 0 Å². The van der Waals surface area contributed by atoms with Crippen molar-refractivity contribution >= 4 is 41.6 Å². The first-order chi connectivity index (χ1) is 11.5. The van der Waals surface area contributed by atoms with Gasteiger partial charge in [0.15, 0.2) is 11.5 Å². The molecule has 2 aromatic carbocycles. The van der Waals surface area contributed by atoms with Gasteiger partial charge in [0.2, 0.25) is 5.96 Å². The van der Waals surface area contributed by atoms with E-state index in [1.165, 1.54) is 24.6 Å². The van der Waals surface area contributed by atoms with Crippen molar-refractivity contribution in [3.05, 3.63) is 57.6 Å². The summed E-state index contributed by atoms with van der Waals surface area (Å²) in [4.78, 5) is 3.93. The van der Waals surface area contributed by atoms with Gasteiger partial charge in [0.25, 0.3) is 0 Å². The van der Waals surface area contributed by atoms with E-state index in [0.717, 1.165) is 5.56 Å². The lowest BCUT2D eigenvalue weighted by atomic mass is 10.1. The molecule has 0 heterocycles. The van der Waals surface area contributed by atoms with Gasteiger partial charge in [-0.1, -0.05) is 35.3 Å². The van der Waals surface area contributed by atoms with Crippen LogP contribution in [0.5, 0.6) is 11.5 Å². The third-order valence-corrected chi connectivity index (χ3v) is 3.59. The van der Waals surface area contributed by atoms with E-state index in [-0.39, 0.29) is 17.5 Å². The second kappa shape index (κ2) is 8.33. The Morgan fingerprint density at radius 2 is 1.79 bits per heavy atom. The van der Waals surface area contributed by atoms with Crippen LogP contribution in [0, 0.1) is 0 Å². The van der Waals surface area contributed by atoms with Gasteiger partial charge in [-0.3, -0.25) is 0 Å². The molecular formula is C16H14Cl2N4O2. The number of hydrogen-bond acceptors (Lipinski definition) is 4. The lowest BCUT2D eigenvalue weighted by Gasteiger charge is -2.00. The molecule has 2 rings (SSSR count). The normalized spacial score (nSPS) is 12.3. The Labute approximate surface area is 148 Å². The van der Waals surface area contributed by atoms with Crippen molar-refractivity contribution in [1.82, 2.24) is 0 Å². The van der Waals surface area contributed by atoms with E-state index in [2.05, 4.69) is 15.2 Å². The molecule has 0 radical (unpaired) electrons. The quantitative estimate of drug-likeness (QED) is 0.335. The van der Waals surface area contributed by atoms with Gasteiger partial charge >= 0.3 is 0 Å². The van der Waals surface area contributed by atoms with Gasteiger partial charge in [-0.05, 0) is 29.8 Å². The van der Waals surface area contributed by atoms with Crippen LogP contribution in [-0.2, 0) is 6.42 Å². The van der Waals surface area contributed by atoms with Crippen LogP contribution in [0.15, 0.2) is 51.6 Å². The fraction of sp³-hybridized carbons (Fsp3) is 0.0625. The number of phenols is 2. The van der Waals surface area contributed by atoms with Crippen molar-refractivity contribution in [3.8, 4) is 11.5 Å². The number of phenolic OH excluding ortho intramolecular Hbond substituents is 2. The van der Waals surface area contributed by atoms with E-state index in [1.54, 1.807) is 24.3 Å². The number of rotatable bonds is 4. The van der Waals surface area contributed by atoms with E-state index >= 15 is 0 Å². The van der Waals surface area contributed by atoms with E-state index in [1.807, 2.05) is 0 Å². The van der Waals surface area contributed by atoms with Crippen LogP contribution < -0.4 is 5.73 Å². The van der Waals surface area contributed by atoms with Crippen molar-refractivity contribution in [3.63, 3.8) is 0 Å². The Balaban J connectivity index is 1.98. The molecule has 0 fully saturated rings. The molecule has 6 nitrogen and oxygen atoms in total. The van der Waals surface area contributed by atoms with Crippen LogP contribution in [0.25, 0.3) is 0 Å². The van der Waals surface area contributed by atoms with Gasteiger partial charge in [0.05, 0.1) is 10.0 Å². The first kappa shape index (κ1) is 17.8. The Hall–Kier alpha value is -2.57. The van der Waals surface area contributed by atoms with Crippen molar-refractivity contribution in [2.75, 3.05) is 0 Å². The number of nitrogens with two attached hydrogens (primary N) is 1. The average Bonchev–Trinajstić information content (AvgIpc) is 2.54. The zero-order valence-corrected chi connectivity index (χ0v) is 13.9. The van der Waals surface area contributed by atoms with Gasteiger partial charge in [0.1, 0.15) is 0 Å². The summed E-state index contributed by atoms with van der Waals surface area (Å²) in [6.45, 7) is 0. The fourth-order valence-corrected chi connectivity index (χ4v) is 2.23. The second-order valence-corrected chi connectivity index (χ2v) is 5.49. The molecule has 0 saturated heterocycles. The van der Waals surface area contributed by atoms with Crippen LogP contribution in [-0.4, -0.2) is 28.6 Å². The Bertz CT molecular complexity index is 799. The molecule has 0 atom stereocenters. The van der Waals surface area contributed by atoms with E-state index in [4.69, 9.17) is 28.9 Å². The summed E-state index contributed by atoms with van der Waals surface area (Å²) in [5, 5.41) is 27.0. The highest BCUT2D eigenvalue weighted by atomic mass is 35.5. The maximum Gasteiger partial charge on any atom is 0.240 e. The zero-order valence-electron chi connectivity index (χ0n) is 12.4. The van der Waals surface area contributed by atoms with Crippen LogP contribution in [0.2, 0.25) is 10.0 Å². The number of benzene rings is 2. The summed E-state index contributed by atoms with van der Waals surface area (Å²) in [7, 11) is 0. The molecule has 0 aliphatic carbocycles. The zero-order chi connectivity index (χ0) is 17.5. The minimum absolute atomic E-state index is 0.0595. The predicted molar refractivity (Wildman–Crippen MR) is 97.6 cm³/mol. The molecule has 0 aromatic heterocycles. The highest BCUT2D eigenvalue weighted by molar-refractivity contribution is 6.38. The summed E-state index contributed by atoms with van der Waals surface area (Å²) in [6.07, 6.45) is 3.32. The molecular weight excluding hydrogens is 351 g/mol. The van der Waals surface area contributed by atoms with E-state index in [9.17, 15) is 10.2 Å². The maximum atomic E-state index is 9.39. The topological polar surface area (TPSA) is 104 Å². The number of guanidine groups is 1. The standard InChI is InChI=1S/C16H14Cl2N4O2/c17-12-2-1-3-13(18)11(12)9-20-16(19)22-21-7-6-10-4-5-14(23)15(24)8-10/h1-5,7-9,23-24H,6H2,(H2,19,22)/b20-9+,21-7+. The van der Waals surface area contributed by atoms with Crippen LogP contribution in [0.1, 0.15) is 11.1 Å². The van der Waals surface area contributed by atoms with Gasteiger partial charge in [-0.2, -0.15) is 5.10 Å². The maximum absolute atomic E-state index is 9.39. The minimum Gasteiger partial charge on any atom is -0.504 e. The molecule has 24 heavy (non-hydrogen) atoms. The summed E-state index contributed by atoms with van der Waals surface area (Å²) >= 11 is 12.0. The summed E-state index contributed by atoms with van der Waals surface area (Å²) in [6, 6.07) is 9.59. The molecule has 0 spiro atoms. The molecule has 0 aliphatic rings. The SMILES string of the molecule is NC(=N/N=C/Cc1ccc(O)c(O)c1)/N=C/c1c(Cl)cccc1Cl. The highest BCUT2D eigenvalue weighted by Gasteiger charge is 2.02. The average molecular weight is 365 g/mol. The first-order valence-corrected chi connectivity index (χ1v) is 7.57. The monoisotopic (exact) mass is 364 g/mol. The summed E-state index contributed by atoms with van der Waals surface area (Å²) < 4.78 is 0. The van der Waals surface area contributed by atoms with Crippen molar-refractivity contribution < 1.29 is 10.2 Å². The second-order valence-electron chi connectivity index (χ2n) is 4.68. The van der Waals surface area contributed by atoms with Crippen LogP contribution >= 0.6 is 23.2 Å². The summed E-state index contributed by atoms with van der Waals surface area (Å²) in [5.74, 6) is -0.425.